The van der Waals surface area contributed by atoms with Crippen molar-refractivity contribution in [2.24, 2.45) is 5.41 Å². The number of alkyl halides is 3. The maximum Gasteiger partial charge on any atom is 0.573 e. The molecule has 0 unspecified atom stereocenters. The van der Waals surface area contributed by atoms with Crippen LogP contribution in [0.3, 0.4) is 0 Å². The van der Waals surface area contributed by atoms with Gasteiger partial charge in [0.05, 0.1) is 25.2 Å². The summed E-state index contributed by atoms with van der Waals surface area (Å²) in [6.45, 7) is 2.21. The van der Waals surface area contributed by atoms with E-state index in [-0.39, 0.29) is 17.8 Å². The summed E-state index contributed by atoms with van der Waals surface area (Å²) >= 11 is 0. The average molecular weight is 291 g/mol. The van der Waals surface area contributed by atoms with Gasteiger partial charge in [0.25, 0.3) is 0 Å². The van der Waals surface area contributed by atoms with E-state index >= 15 is 0 Å². The van der Waals surface area contributed by atoms with E-state index in [0.29, 0.717) is 26.3 Å². The van der Waals surface area contributed by atoms with Gasteiger partial charge in [-0.3, -0.25) is 0 Å². The van der Waals surface area contributed by atoms with Gasteiger partial charge >= 0.3 is 6.36 Å². The van der Waals surface area contributed by atoms with E-state index in [1.165, 1.54) is 12.1 Å². The van der Waals surface area contributed by atoms with Crippen LogP contribution in [0, 0.1) is 5.41 Å². The number of hydrogen-bond donors (Lipinski definition) is 2. The van der Waals surface area contributed by atoms with Crippen molar-refractivity contribution in [3.05, 3.63) is 29.8 Å². The smallest absolute Gasteiger partial charge is 0.406 e. The molecule has 1 fully saturated rings. The lowest BCUT2D eigenvalue weighted by Gasteiger charge is -2.40. The zero-order valence-corrected chi connectivity index (χ0v) is 10.7. The third-order valence-corrected chi connectivity index (χ3v) is 3.14. The number of nitrogens with one attached hydrogen (secondary N) is 1. The zero-order valence-electron chi connectivity index (χ0n) is 10.7. The molecule has 2 rings (SSSR count). The molecule has 20 heavy (non-hydrogen) atoms. The quantitative estimate of drug-likeness (QED) is 0.837. The van der Waals surface area contributed by atoms with E-state index in [1.54, 1.807) is 12.1 Å². The number of hydrogen-bond acceptors (Lipinski definition) is 4. The molecule has 0 radical (unpaired) electrons. The summed E-state index contributed by atoms with van der Waals surface area (Å²) in [6.07, 6.45) is -4.67. The predicted octanol–water partition coefficient (Wildman–Crippen LogP) is 1.68. The van der Waals surface area contributed by atoms with Crippen molar-refractivity contribution in [1.29, 1.82) is 0 Å². The van der Waals surface area contributed by atoms with Crippen molar-refractivity contribution in [1.82, 2.24) is 5.32 Å². The third-order valence-electron chi connectivity index (χ3n) is 3.14. The summed E-state index contributed by atoms with van der Waals surface area (Å²) in [5.41, 5.74) is 0.618. The molecule has 1 aliphatic heterocycles. The van der Waals surface area contributed by atoms with E-state index in [0.717, 1.165) is 5.56 Å². The molecule has 0 bridgehead atoms. The summed E-state index contributed by atoms with van der Waals surface area (Å²) in [5.74, 6) is -0.236. The van der Waals surface area contributed by atoms with Gasteiger partial charge in [0.1, 0.15) is 5.75 Å². The zero-order chi connectivity index (χ0) is 14.6. The molecule has 0 spiro atoms. The van der Waals surface area contributed by atoms with Gasteiger partial charge in [0.2, 0.25) is 0 Å². The molecule has 1 heterocycles. The fourth-order valence-corrected chi connectivity index (χ4v) is 1.92. The SMILES string of the molecule is OCC1(CNCc2ccc(OC(F)(F)F)cc2)COC1. The molecule has 7 heteroatoms. The molecule has 4 nitrogen and oxygen atoms in total. The van der Waals surface area contributed by atoms with E-state index < -0.39 is 6.36 Å². The number of aliphatic hydroxyl groups excluding tert-OH is 1. The molecule has 1 aliphatic rings. The first-order valence-electron chi connectivity index (χ1n) is 6.17. The highest BCUT2D eigenvalue weighted by Gasteiger charge is 2.37. The van der Waals surface area contributed by atoms with Gasteiger partial charge in [-0.2, -0.15) is 0 Å². The normalized spacial score (nSPS) is 17.6. The number of rotatable bonds is 6. The predicted molar refractivity (Wildman–Crippen MR) is 65.2 cm³/mol. The summed E-state index contributed by atoms with van der Waals surface area (Å²) in [4.78, 5) is 0. The first-order chi connectivity index (χ1) is 9.42. The van der Waals surface area contributed by atoms with Crippen LogP contribution in [0.25, 0.3) is 0 Å². The van der Waals surface area contributed by atoms with E-state index in [1.807, 2.05) is 0 Å². The highest BCUT2D eigenvalue weighted by Crippen LogP contribution is 2.26. The van der Waals surface area contributed by atoms with Crippen LogP contribution in [0.15, 0.2) is 24.3 Å². The van der Waals surface area contributed by atoms with Crippen molar-refractivity contribution in [3.8, 4) is 5.75 Å². The molecule has 0 aromatic heterocycles. The Labute approximate surface area is 114 Å². The van der Waals surface area contributed by atoms with Crippen LogP contribution in [0.5, 0.6) is 5.75 Å². The second-order valence-electron chi connectivity index (χ2n) is 4.95. The Morgan fingerprint density at radius 1 is 1.25 bits per heavy atom. The first kappa shape index (κ1) is 15.1. The monoisotopic (exact) mass is 291 g/mol. The standard InChI is InChI=1S/C13H16F3NO3/c14-13(15,16)20-11-3-1-10(2-4-11)5-17-6-12(7-18)8-19-9-12/h1-4,17-18H,5-9H2. The van der Waals surface area contributed by atoms with E-state index in [2.05, 4.69) is 10.1 Å². The van der Waals surface area contributed by atoms with Crippen LogP contribution < -0.4 is 10.1 Å². The summed E-state index contributed by atoms with van der Waals surface area (Å²) in [6, 6.07) is 5.69. The average Bonchev–Trinajstić information content (AvgIpc) is 2.33. The van der Waals surface area contributed by atoms with Crippen molar-refractivity contribution >= 4 is 0 Å². The lowest BCUT2D eigenvalue weighted by molar-refractivity contribution is -0.274. The van der Waals surface area contributed by atoms with Crippen molar-refractivity contribution < 1.29 is 27.8 Å². The van der Waals surface area contributed by atoms with Crippen molar-refractivity contribution in [3.63, 3.8) is 0 Å². The second-order valence-corrected chi connectivity index (χ2v) is 4.95. The van der Waals surface area contributed by atoms with Crippen molar-refractivity contribution in [2.75, 3.05) is 26.4 Å². The van der Waals surface area contributed by atoms with Crippen LogP contribution in [0.4, 0.5) is 13.2 Å². The lowest BCUT2D eigenvalue weighted by Crippen LogP contribution is -2.52. The van der Waals surface area contributed by atoms with E-state index in [9.17, 15) is 18.3 Å². The molecule has 1 saturated heterocycles. The number of halogens is 3. The van der Waals surface area contributed by atoms with Crippen LogP contribution in [0.1, 0.15) is 5.56 Å². The second kappa shape index (κ2) is 5.99. The van der Waals surface area contributed by atoms with E-state index in [4.69, 9.17) is 4.74 Å². The third kappa shape index (κ3) is 4.09. The topological polar surface area (TPSA) is 50.7 Å². The van der Waals surface area contributed by atoms with Gasteiger partial charge in [-0.25, -0.2) is 0 Å². The van der Waals surface area contributed by atoms with Gasteiger partial charge in [-0.05, 0) is 17.7 Å². The maximum atomic E-state index is 12.0. The fraction of sp³-hybridized carbons (Fsp3) is 0.538. The van der Waals surface area contributed by atoms with Crippen molar-refractivity contribution in [2.45, 2.75) is 12.9 Å². The largest absolute Gasteiger partial charge is 0.573 e. The van der Waals surface area contributed by atoms with Gasteiger partial charge in [-0.1, -0.05) is 12.1 Å². The van der Waals surface area contributed by atoms with Crippen LogP contribution in [0.2, 0.25) is 0 Å². The molecule has 1 aromatic rings. The van der Waals surface area contributed by atoms with Gasteiger partial charge in [-0.15, -0.1) is 13.2 Å². The number of aliphatic hydroxyl groups is 1. The molecule has 2 N–H and O–H groups in total. The minimum atomic E-state index is -4.67. The maximum absolute atomic E-state index is 12.0. The Morgan fingerprint density at radius 2 is 1.90 bits per heavy atom. The minimum absolute atomic E-state index is 0.0539. The van der Waals surface area contributed by atoms with Gasteiger partial charge < -0.3 is 19.9 Å². The minimum Gasteiger partial charge on any atom is -0.406 e. The van der Waals surface area contributed by atoms with Crippen LogP contribution in [-0.4, -0.2) is 37.8 Å². The van der Waals surface area contributed by atoms with Crippen LogP contribution in [-0.2, 0) is 11.3 Å². The first-order valence-corrected chi connectivity index (χ1v) is 6.17. The number of ether oxygens (including phenoxy) is 2. The molecule has 0 saturated carbocycles. The molecule has 0 amide bonds. The highest BCUT2D eigenvalue weighted by atomic mass is 19.4. The van der Waals surface area contributed by atoms with Gasteiger partial charge in [0.15, 0.2) is 0 Å². The Bertz CT molecular complexity index is 424. The molecule has 112 valence electrons. The molecular formula is C13H16F3NO3. The molecule has 1 aromatic carbocycles. The molecular weight excluding hydrogens is 275 g/mol. The Hall–Kier alpha value is -1.31. The highest BCUT2D eigenvalue weighted by molar-refractivity contribution is 5.27. The Morgan fingerprint density at radius 3 is 2.35 bits per heavy atom. The fourth-order valence-electron chi connectivity index (χ4n) is 1.92. The van der Waals surface area contributed by atoms with Crippen LogP contribution >= 0.6 is 0 Å². The lowest BCUT2D eigenvalue weighted by atomic mass is 9.87. The molecule has 0 atom stereocenters. The Kier molecular flexibility index (Phi) is 4.52. The number of benzene rings is 1. The summed E-state index contributed by atoms with van der Waals surface area (Å²) in [5, 5.41) is 12.4. The molecule has 0 aliphatic carbocycles. The van der Waals surface area contributed by atoms with Gasteiger partial charge in [0, 0.05) is 13.1 Å². The summed E-state index contributed by atoms with van der Waals surface area (Å²) < 4.78 is 44.8. The summed E-state index contributed by atoms with van der Waals surface area (Å²) in [7, 11) is 0. The Balaban J connectivity index is 1.79.